The van der Waals surface area contributed by atoms with Crippen molar-refractivity contribution >= 4 is 28.8 Å². The molecule has 1 aliphatic heterocycles. The minimum Gasteiger partial charge on any atom is -0.507 e. The molecule has 34 heavy (non-hydrogen) atoms. The number of nitro groups is 2. The highest BCUT2D eigenvalue weighted by molar-refractivity contribution is 6.46. The molecule has 3 aromatic carbocycles. The Morgan fingerprint density at radius 3 is 2.12 bits per heavy atom. The molecule has 1 saturated heterocycles. The van der Waals surface area contributed by atoms with Gasteiger partial charge in [-0.3, -0.25) is 29.8 Å². The summed E-state index contributed by atoms with van der Waals surface area (Å²) in [6, 6.07) is 18.1. The second-order valence-corrected chi connectivity index (χ2v) is 7.57. The van der Waals surface area contributed by atoms with Gasteiger partial charge in [0.15, 0.2) is 0 Å². The first kappa shape index (κ1) is 22.3. The topological polar surface area (TPSA) is 144 Å². The number of likely N-dealkylation sites (tertiary alicyclic amines) is 1. The first-order valence-corrected chi connectivity index (χ1v) is 10.1. The van der Waals surface area contributed by atoms with Crippen molar-refractivity contribution in [3.63, 3.8) is 0 Å². The van der Waals surface area contributed by atoms with Gasteiger partial charge < -0.3 is 10.0 Å². The van der Waals surface area contributed by atoms with Gasteiger partial charge in [-0.05, 0) is 23.3 Å². The number of amides is 1. The van der Waals surface area contributed by atoms with Gasteiger partial charge in [0.25, 0.3) is 23.1 Å². The predicted molar refractivity (Wildman–Crippen MR) is 120 cm³/mol. The molecule has 1 N–H and O–H groups in total. The van der Waals surface area contributed by atoms with Crippen molar-refractivity contribution in [1.29, 1.82) is 0 Å². The molecule has 0 bridgehead atoms. The number of carbonyl (C=O) groups is 2. The maximum Gasteiger partial charge on any atom is 0.295 e. The third-order valence-corrected chi connectivity index (χ3v) is 5.48. The Kier molecular flexibility index (Phi) is 5.88. The summed E-state index contributed by atoms with van der Waals surface area (Å²) in [6.45, 7) is 0.0236. The second-order valence-electron chi connectivity index (χ2n) is 7.57. The molecule has 10 nitrogen and oxygen atoms in total. The van der Waals surface area contributed by atoms with Crippen molar-refractivity contribution in [3.05, 3.63) is 121 Å². The summed E-state index contributed by atoms with van der Waals surface area (Å²) in [4.78, 5) is 48.4. The number of nitrogens with zero attached hydrogens (tertiary/aromatic N) is 3. The van der Waals surface area contributed by atoms with Crippen molar-refractivity contribution in [2.45, 2.75) is 12.6 Å². The van der Waals surface area contributed by atoms with Crippen LogP contribution in [0.5, 0.6) is 0 Å². The lowest BCUT2D eigenvalue weighted by Crippen LogP contribution is -2.29. The Labute approximate surface area is 192 Å². The summed E-state index contributed by atoms with van der Waals surface area (Å²) in [5, 5.41) is 33.3. The lowest BCUT2D eigenvalue weighted by molar-refractivity contribution is -0.385. The number of non-ortho nitro benzene ring substituents is 2. The van der Waals surface area contributed by atoms with Gasteiger partial charge in [0, 0.05) is 36.4 Å². The van der Waals surface area contributed by atoms with E-state index >= 15 is 0 Å². The van der Waals surface area contributed by atoms with Crippen molar-refractivity contribution in [3.8, 4) is 0 Å². The molecule has 1 fully saturated rings. The third-order valence-electron chi connectivity index (χ3n) is 5.48. The molecule has 1 heterocycles. The van der Waals surface area contributed by atoms with E-state index in [1.54, 1.807) is 30.3 Å². The fraction of sp³-hybridized carbons (Fsp3) is 0.0833. The molecule has 0 radical (unpaired) electrons. The van der Waals surface area contributed by atoms with Gasteiger partial charge in [0.1, 0.15) is 5.76 Å². The molecule has 1 aliphatic rings. The average molecular weight is 459 g/mol. The molecule has 170 valence electrons. The molecule has 0 unspecified atom stereocenters. The van der Waals surface area contributed by atoms with Crippen molar-refractivity contribution in [1.82, 2.24) is 4.90 Å². The van der Waals surface area contributed by atoms with Crippen LogP contribution in [0.4, 0.5) is 11.4 Å². The van der Waals surface area contributed by atoms with Crippen LogP contribution in [0.25, 0.3) is 5.76 Å². The molecule has 0 spiro atoms. The Morgan fingerprint density at radius 1 is 0.853 bits per heavy atom. The van der Waals surface area contributed by atoms with E-state index in [1.807, 2.05) is 0 Å². The highest BCUT2D eigenvalue weighted by Gasteiger charge is 2.46. The summed E-state index contributed by atoms with van der Waals surface area (Å²) < 4.78 is 0. The first-order valence-electron chi connectivity index (χ1n) is 10.1. The highest BCUT2D eigenvalue weighted by Crippen LogP contribution is 2.41. The van der Waals surface area contributed by atoms with Crippen molar-refractivity contribution < 1.29 is 24.5 Å². The zero-order valence-corrected chi connectivity index (χ0v) is 17.5. The molecular formula is C24H17N3O7. The lowest BCUT2D eigenvalue weighted by atomic mass is 9.94. The van der Waals surface area contributed by atoms with E-state index in [1.165, 1.54) is 41.3 Å². The van der Waals surface area contributed by atoms with E-state index in [0.29, 0.717) is 0 Å². The number of rotatable bonds is 6. The van der Waals surface area contributed by atoms with Gasteiger partial charge in [-0.25, -0.2) is 0 Å². The number of hydrogen-bond donors (Lipinski definition) is 1. The molecule has 10 heteroatoms. The summed E-state index contributed by atoms with van der Waals surface area (Å²) in [5.74, 6) is -2.35. The van der Waals surface area contributed by atoms with Crippen LogP contribution < -0.4 is 0 Å². The van der Waals surface area contributed by atoms with Gasteiger partial charge in [-0.2, -0.15) is 0 Å². The fourth-order valence-electron chi connectivity index (χ4n) is 3.87. The van der Waals surface area contributed by atoms with Crippen LogP contribution in [0.3, 0.4) is 0 Å². The van der Waals surface area contributed by atoms with E-state index in [9.17, 15) is 34.9 Å². The number of ketones is 1. The summed E-state index contributed by atoms with van der Waals surface area (Å²) in [5.41, 5.74) is 0.381. The maximum atomic E-state index is 13.0. The summed E-state index contributed by atoms with van der Waals surface area (Å²) in [6.07, 6.45) is 0. The van der Waals surface area contributed by atoms with Crippen LogP contribution in [0, 0.1) is 20.2 Å². The average Bonchev–Trinajstić information content (AvgIpc) is 3.09. The van der Waals surface area contributed by atoms with E-state index in [2.05, 4.69) is 0 Å². The van der Waals surface area contributed by atoms with Gasteiger partial charge in [-0.15, -0.1) is 0 Å². The van der Waals surface area contributed by atoms with E-state index in [-0.39, 0.29) is 34.6 Å². The van der Waals surface area contributed by atoms with Crippen LogP contribution in [0.1, 0.15) is 22.7 Å². The van der Waals surface area contributed by atoms with Gasteiger partial charge in [-0.1, -0.05) is 42.5 Å². The minimum atomic E-state index is -1.10. The Morgan fingerprint density at radius 2 is 1.50 bits per heavy atom. The minimum absolute atomic E-state index is 0.0236. The van der Waals surface area contributed by atoms with Crippen LogP contribution in [0.15, 0.2) is 84.4 Å². The smallest absolute Gasteiger partial charge is 0.295 e. The Hall–Kier alpha value is -4.86. The van der Waals surface area contributed by atoms with Crippen LogP contribution in [-0.4, -0.2) is 31.5 Å². The molecule has 1 amide bonds. The van der Waals surface area contributed by atoms with Gasteiger partial charge in [0.2, 0.25) is 0 Å². The molecule has 0 aromatic heterocycles. The number of hydrogen-bond acceptors (Lipinski definition) is 7. The number of carbonyl (C=O) groups excluding carboxylic acids is 2. The Balaban J connectivity index is 1.87. The SMILES string of the molecule is O=C1C(=O)N(Cc2ccccc2)[C@@H](c2cccc([N+](=O)[O-])c2)/C1=C(\O)c1ccc([N+](=O)[O-])cc1. The highest BCUT2D eigenvalue weighted by atomic mass is 16.6. The molecular weight excluding hydrogens is 442 g/mol. The van der Waals surface area contributed by atoms with Crippen LogP contribution >= 0.6 is 0 Å². The number of aliphatic hydroxyl groups is 1. The monoisotopic (exact) mass is 459 g/mol. The molecule has 1 atom stereocenters. The molecule has 0 saturated carbocycles. The van der Waals surface area contributed by atoms with Crippen LogP contribution in [0.2, 0.25) is 0 Å². The van der Waals surface area contributed by atoms with E-state index in [0.717, 1.165) is 17.7 Å². The second kappa shape index (κ2) is 8.94. The van der Waals surface area contributed by atoms with Gasteiger partial charge >= 0.3 is 0 Å². The summed E-state index contributed by atoms with van der Waals surface area (Å²) >= 11 is 0. The number of benzene rings is 3. The zero-order chi connectivity index (χ0) is 24.4. The van der Waals surface area contributed by atoms with Crippen molar-refractivity contribution in [2.24, 2.45) is 0 Å². The molecule has 0 aliphatic carbocycles. The number of nitro benzene ring substituents is 2. The van der Waals surface area contributed by atoms with E-state index < -0.39 is 33.3 Å². The largest absolute Gasteiger partial charge is 0.507 e. The quantitative estimate of drug-likeness (QED) is 0.192. The Bertz CT molecular complexity index is 1330. The standard InChI is InChI=1S/C24H17N3O7/c28-22(16-9-11-18(12-10-16)26(31)32)20-21(17-7-4-8-19(13-17)27(33)34)25(24(30)23(20)29)14-15-5-2-1-3-6-15/h1-13,21,28H,14H2/b22-20+/t21-/m0/s1. The molecule has 4 rings (SSSR count). The fourth-order valence-corrected chi connectivity index (χ4v) is 3.87. The zero-order valence-electron chi connectivity index (χ0n) is 17.5. The summed E-state index contributed by atoms with van der Waals surface area (Å²) in [7, 11) is 0. The first-order chi connectivity index (χ1) is 16.3. The lowest BCUT2D eigenvalue weighted by Gasteiger charge is -2.25. The molecule has 3 aromatic rings. The van der Waals surface area contributed by atoms with Crippen LogP contribution in [-0.2, 0) is 16.1 Å². The van der Waals surface area contributed by atoms with Crippen molar-refractivity contribution in [2.75, 3.05) is 0 Å². The maximum absolute atomic E-state index is 13.0. The normalized spacial score (nSPS) is 17.1. The predicted octanol–water partition coefficient (Wildman–Crippen LogP) is 4.12. The van der Waals surface area contributed by atoms with E-state index in [4.69, 9.17) is 0 Å². The number of aliphatic hydroxyl groups excluding tert-OH is 1. The van der Waals surface area contributed by atoms with Gasteiger partial charge in [0.05, 0.1) is 21.5 Å². The third kappa shape index (κ3) is 4.11. The number of Topliss-reactive ketones (excluding diaryl/α,β-unsaturated/α-hetero) is 1.